The maximum Gasteiger partial charge on any atom is 0.234 e. The van der Waals surface area contributed by atoms with Crippen LogP contribution in [0.15, 0.2) is 12.1 Å². The average Bonchev–Trinajstić information content (AvgIpc) is 2.25. The second kappa shape index (κ2) is 7.14. The summed E-state index contributed by atoms with van der Waals surface area (Å²) >= 11 is 0. The summed E-state index contributed by atoms with van der Waals surface area (Å²) in [5.41, 5.74) is 6.25. The van der Waals surface area contributed by atoms with Crippen LogP contribution in [-0.4, -0.2) is 31.6 Å². The number of rotatable bonds is 6. The van der Waals surface area contributed by atoms with Crippen molar-refractivity contribution in [3.8, 4) is 5.75 Å². The first-order valence-corrected chi connectivity index (χ1v) is 6.57. The lowest BCUT2D eigenvalue weighted by Gasteiger charge is -2.14. The fraction of sp³-hybridized carbons (Fsp3) is 0.533. The first-order chi connectivity index (χ1) is 8.90. The van der Waals surface area contributed by atoms with Gasteiger partial charge in [-0.2, -0.15) is 0 Å². The third-order valence-corrected chi connectivity index (χ3v) is 2.75. The van der Waals surface area contributed by atoms with E-state index in [0.717, 1.165) is 16.9 Å². The number of aryl methyl sites for hydroxylation is 3. The average molecular weight is 264 g/mol. The number of carbonyl (C=O) groups is 1. The van der Waals surface area contributed by atoms with Crippen molar-refractivity contribution in [2.24, 2.45) is 0 Å². The summed E-state index contributed by atoms with van der Waals surface area (Å²) in [6.07, 6.45) is 1.19. The predicted octanol–water partition coefficient (Wildman–Crippen LogP) is 2.36. The molecule has 0 aromatic heterocycles. The van der Waals surface area contributed by atoms with E-state index in [4.69, 9.17) is 4.74 Å². The number of nitrogens with one attached hydrogen (secondary N) is 1. The molecule has 0 radical (unpaired) electrons. The molecule has 0 heterocycles. The number of nitrogens with zero attached hydrogens (tertiary/aromatic N) is 1. The van der Waals surface area contributed by atoms with E-state index in [1.807, 2.05) is 13.8 Å². The summed E-state index contributed by atoms with van der Waals surface area (Å²) in [5, 5.41) is 1.65. The Labute approximate surface area is 115 Å². The molecule has 4 heteroatoms. The Kier molecular flexibility index (Phi) is 5.83. The van der Waals surface area contributed by atoms with Gasteiger partial charge in [0, 0.05) is 20.5 Å². The quantitative estimate of drug-likeness (QED) is 0.633. The zero-order chi connectivity index (χ0) is 14.4. The molecule has 0 saturated heterocycles. The van der Waals surface area contributed by atoms with E-state index in [0.29, 0.717) is 19.4 Å². The van der Waals surface area contributed by atoms with Crippen molar-refractivity contribution in [2.45, 2.75) is 33.6 Å². The Morgan fingerprint density at radius 3 is 2.32 bits per heavy atom. The SMILES string of the molecule is Cc1cc(C)c(OCCCC(=O)NN(C)C)c(C)c1. The smallest absolute Gasteiger partial charge is 0.234 e. The zero-order valence-electron chi connectivity index (χ0n) is 12.5. The van der Waals surface area contributed by atoms with Crippen LogP contribution in [0.4, 0.5) is 0 Å². The van der Waals surface area contributed by atoms with Crippen LogP contribution < -0.4 is 10.2 Å². The summed E-state index contributed by atoms with van der Waals surface area (Å²) in [4.78, 5) is 11.4. The Morgan fingerprint density at radius 2 is 1.79 bits per heavy atom. The van der Waals surface area contributed by atoms with Gasteiger partial charge in [0.25, 0.3) is 0 Å². The molecule has 1 aromatic carbocycles. The van der Waals surface area contributed by atoms with Crippen LogP contribution in [0.2, 0.25) is 0 Å². The van der Waals surface area contributed by atoms with Crippen molar-refractivity contribution in [2.75, 3.05) is 20.7 Å². The van der Waals surface area contributed by atoms with Crippen LogP contribution >= 0.6 is 0 Å². The molecular weight excluding hydrogens is 240 g/mol. The van der Waals surface area contributed by atoms with Crippen molar-refractivity contribution < 1.29 is 9.53 Å². The van der Waals surface area contributed by atoms with Crippen LogP contribution in [0, 0.1) is 20.8 Å². The highest BCUT2D eigenvalue weighted by Gasteiger charge is 2.06. The number of amides is 1. The summed E-state index contributed by atoms with van der Waals surface area (Å²) in [6.45, 7) is 6.74. The van der Waals surface area contributed by atoms with Crippen molar-refractivity contribution in [3.05, 3.63) is 28.8 Å². The highest BCUT2D eigenvalue weighted by atomic mass is 16.5. The van der Waals surface area contributed by atoms with Crippen LogP contribution in [0.1, 0.15) is 29.5 Å². The van der Waals surface area contributed by atoms with E-state index in [2.05, 4.69) is 24.5 Å². The molecule has 0 fully saturated rings. The molecule has 1 amide bonds. The van der Waals surface area contributed by atoms with E-state index in [1.165, 1.54) is 5.56 Å². The number of carbonyl (C=O) groups excluding carboxylic acids is 1. The summed E-state index contributed by atoms with van der Waals surface area (Å²) in [6, 6.07) is 4.22. The van der Waals surface area contributed by atoms with E-state index < -0.39 is 0 Å². The molecule has 0 bridgehead atoms. The Bertz CT molecular complexity index is 419. The van der Waals surface area contributed by atoms with Crippen LogP contribution in [-0.2, 0) is 4.79 Å². The molecule has 0 unspecified atom stereocenters. The molecule has 0 spiro atoms. The van der Waals surface area contributed by atoms with Gasteiger partial charge in [0.2, 0.25) is 5.91 Å². The first-order valence-electron chi connectivity index (χ1n) is 6.57. The number of benzene rings is 1. The predicted molar refractivity (Wildman–Crippen MR) is 77.2 cm³/mol. The zero-order valence-corrected chi connectivity index (χ0v) is 12.5. The van der Waals surface area contributed by atoms with Crippen molar-refractivity contribution in [3.63, 3.8) is 0 Å². The van der Waals surface area contributed by atoms with Gasteiger partial charge >= 0.3 is 0 Å². The number of ether oxygens (including phenoxy) is 1. The molecule has 1 rings (SSSR count). The second-order valence-corrected chi connectivity index (χ2v) is 5.11. The topological polar surface area (TPSA) is 41.6 Å². The first kappa shape index (κ1) is 15.5. The maximum absolute atomic E-state index is 11.4. The summed E-state index contributed by atoms with van der Waals surface area (Å²) in [7, 11) is 3.60. The number of hydrogen-bond acceptors (Lipinski definition) is 3. The molecule has 0 aliphatic heterocycles. The lowest BCUT2D eigenvalue weighted by molar-refractivity contribution is -0.125. The molecule has 0 atom stereocenters. The fourth-order valence-electron chi connectivity index (χ4n) is 2.11. The van der Waals surface area contributed by atoms with E-state index in [9.17, 15) is 4.79 Å². The molecule has 1 aromatic rings. The lowest BCUT2D eigenvalue weighted by atomic mass is 10.1. The minimum absolute atomic E-state index is 0.0194. The number of hydrazine groups is 1. The molecule has 0 saturated carbocycles. The molecule has 1 N–H and O–H groups in total. The fourth-order valence-corrected chi connectivity index (χ4v) is 2.11. The van der Waals surface area contributed by atoms with E-state index in [1.54, 1.807) is 19.1 Å². The molecule has 0 aliphatic rings. The van der Waals surface area contributed by atoms with Crippen LogP contribution in [0.25, 0.3) is 0 Å². The van der Waals surface area contributed by atoms with E-state index >= 15 is 0 Å². The Balaban J connectivity index is 2.40. The molecule has 106 valence electrons. The highest BCUT2D eigenvalue weighted by molar-refractivity contribution is 5.75. The molecule has 19 heavy (non-hydrogen) atoms. The minimum Gasteiger partial charge on any atom is -0.493 e. The summed E-state index contributed by atoms with van der Waals surface area (Å²) in [5.74, 6) is 0.963. The van der Waals surface area contributed by atoms with Gasteiger partial charge in [-0.15, -0.1) is 0 Å². The van der Waals surface area contributed by atoms with Gasteiger partial charge in [0.15, 0.2) is 0 Å². The van der Waals surface area contributed by atoms with Crippen LogP contribution in [0.3, 0.4) is 0 Å². The van der Waals surface area contributed by atoms with Gasteiger partial charge in [-0.1, -0.05) is 17.7 Å². The largest absolute Gasteiger partial charge is 0.493 e. The normalized spacial score (nSPS) is 10.6. The molecular formula is C15H24N2O2. The molecule has 0 aliphatic carbocycles. The van der Waals surface area contributed by atoms with Gasteiger partial charge in [0.1, 0.15) is 5.75 Å². The standard InChI is InChI=1S/C15H24N2O2/c1-11-9-12(2)15(13(3)10-11)19-8-6-7-14(18)16-17(4)5/h9-10H,6-8H2,1-5H3,(H,16,18). The van der Waals surface area contributed by atoms with Crippen molar-refractivity contribution >= 4 is 5.91 Å². The van der Waals surface area contributed by atoms with Crippen molar-refractivity contribution in [1.29, 1.82) is 0 Å². The Morgan fingerprint density at radius 1 is 1.21 bits per heavy atom. The maximum atomic E-state index is 11.4. The second-order valence-electron chi connectivity index (χ2n) is 5.11. The van der Waals surface area contributed by atoms with Gasteiger partial charge in [-0.25, -0.2) is 5.01 Å². The van der Waals surface area contributed by atoms with Gasteiger partial charge in [-0.3, -0.25) is 10.2 Å². The Hall–Kier alpha value is -1.55. The third-order valence-electron chi connectivity index (χ3n) is 2.75. The van der Waals surface area contributed by atoms with Gasteiger partial charge < -0.3 is 4.74 Å². The van der Waals surface area contributed by atoms with Gasteiger partial charge in [-0.05, 0) is 38.3 Å². The van der Waals surface area contributed by atoms with Crippen molar-refractivity contribution in [1.82, 2.24) is 10.4 Å². The number of hydrogen-bond donors (Lipinski definition) is 1. The van der Waals surface area contributed by atoms with E-state index in [-0.39, 0.29) is 5.91 Å². The third kappa shape index (κ3) is 5.30. The van der Waals surface area contributed by atoms with Crippen LogP contribution in [0.5, 0.6) is 5.75 Å². The lowest BCUT2D eigenvalue weighted by Crippen LogP contribution is -2.36. The van der Waals surface area contributed by atoms with Gasteiger partial charge in [0.05, 0.1) is 6.61 Å². The minimum atomic E-state index is 0.0194. The highest BCUT2D eigenvalue weighted by Crippen LogP contribution is 2.24. The molecule has 4 nitrogen and oxygen atoms in total. The summed E-state index contributed by atoms with van der Waals surface area (Å²) < 4.78 is 5.78. The monoisotopic (exact) mass is 264 g/mol.